The molecule has 0 radical (unpaired) electrons. The number of piperidine rings is 1. The van der Waals surface area contributed by atoms with Gasteiger partial charge in [0.15, 0.2) is 0 Å². The van der Waals surface area contributed by atoms with Crippen molar-refractivity contribution in [1.29, 1.82) is 0 Å². The summed E-state index contributed by atoms with van der Waals surface area (Å²) in [4.78, 5) is 18.1. The van der Waals surface area contributed by atoms with Crippen LogP contribution in [-0.4, -0.2) is 24.0 Å². The first-order chi connectivity index (χ1) is 10.1. The molecule has 1 aliphatic rings. The van der Waals surface area contributed by atoms with Crippen LogP contribution in [-0.2, 0) is 4.79 Å². The number of anilines is 1. The van der Waals surface area contributed by atoms with Crippen LogP contribution in [0.1, 0.15) is 19.3 Å². The third-order valence-electron chi connectivity index (χ3n) is 3.97. The third-order valence-corrected chi connectivity index (χ3v) is 4.46. The zero-order valence-corrected chi connectivity index (χ0v) is 13.3. The predicted molar refractivity (Wildman–Crippen MR) is 88.2 cm³/mol. The molecule has 2 aromatic rings. The minimum absolute atomic E-state index is 0.210. The Labute approximate surface area is 132 Å². The lowest BCUT2D eigenvalue weighted by atomic mass is 9.94. The lowest BCUT2D eigenvalue weighted by Gasteiger charge is -2.33. The minimum Gasteiger partial charge on any atom is -0.370 e. The van der Waals surface area contributed by atoms with Gasteiger partial charge in [-0.25, -0.2) is 4.98 Å². The van der Waals surface area contributed by atoms with Crippen LogP contribution in [0.25, 0.3) is 10.9 Å². The third kappa shape index (κ3) is 3.35. The fraction of sp³-hybridized carbons (Fsp3) is 0.375. The SMILES string of the molecule is NC(=O)CC1CCCN(c2ccc3cc(Br)ccc3n2)C1. The summed E-state index contributed by atoms with van der Waals surface area (Å²) < 4.78 is 1.06. The molecule has 1 unspecified atom stereocenters. The number of fused-ring (bicyclic) bond motifs is 1. The van der Waals surface area contributed by atoms with Gasteiger partial charge in [0.1, 0.15) is 5.82 Å². The lowest BCUT2D eigenvalue weighted by molar-refractivity contribution is -0.118. The number of amides is 1. The molecule has 21 heavy (non-hydrogen) atoms. The van der Waals surface area contributed by atoms with E-state index in [0.717, 1.165) is 47.1 Å². The van der Waals surface area contributed by atoms with Gasteiger partial charge in [0.2, 0.25) is 5.91 Å². The maximum absolute atomic E-state index is 11.1. The summed E-state index contributed by atoms with van der Waals surface area (Å²) in [6.45, 7) is 1.85. The van der Waals surface area contributed by atoms with Crippen molar-refractivity contribution in [2.75, 3.05) is 18.0 Å². The molecule has 2 N–H and O–H groups in total. The van der Waals surface area contributed by atoms with Crippen LogP contribution in [0.15, 0.2) is 34.8 Å². The van der Waals surface area contributed by atoms with E-state index in [4.69, 9.17) is 10.7 Å². The van der Waals surface area contributed by atoms with Crippen LogP contribution >= 0.6 is 15.9 Å². The Balaban J connectivity index is 1.82. The Bertz CT molecular complexity index is 674. The lowest BCUT2D eigenvalue weighted by Crippen LogP contribution is -2.37. The summed E-state index contributed by atoms with van der Waals surface area (Å²) in [6.07, 6.45) is 2.62. The number of aromatic nitrogens is 1. The topological polar surface area (TPSA) is 59.2 Å². The monoisotopic (exact) mass is 347 g/mol. The summed E-state index contributed by atoms with van der Waals surface area (Å²) in [5.74, 6) is 1.12. The highest BCUT2D eigenvalue weighted by Crippen LogP contribution is 2.26. The van der Waals surface area contributed by atoms with Gasteiger partial charge >= 0.3 is 0 Å². The van der Waals surface area contributed by atoms with E-state index in [9.17, 15) is 4.79 Å². The summed E-state index contributed by atoms with van der Waals surface area (Å²) >= 11 is 3.48. The van der Waals surface area contributed by atoms with Gasteiger partial charge in [-0.2, -0.15) is 0 Å². The van der Waals surface area contributed by atoms with Gasteiger partial charge in [-0.1, -0.05) is 15.9 Å². The van der Waals surface area contributed by atoms with Gasteiger partial charge in [0.25, 0.3) is 0 Å². The number of hydrogen-bond donors (Lipinski definition) is 1. The standard InChI is InChI=1S/C16H18BrN3O/c17-13-4-5-14-12(9-13)3-6-16(19-14)20-7-1-2-11(10-20)8-15(18)21/h3-6,9,11H,1-2,7-8,10H2,(H2,18,21). The number of rotatable bonds is 3. The number of halogens is 1. The van der Waals surface area contributed by atoms with Crippen molar-refractivity contribution in [3.63, 3.8) is 0 Å². The number of carbonyl (C=O) groups is 1. The smallest absolute Gasteiger partial charge is 0.217 e. The number of pyridine rings is 1. The van der Waals surface area contributed by atoms with Crippen molar-refractivity contribution in [2.45, 2.75) is 19.3 Å². The average Bonchev–Trinajstić information content (AvgIpc) is 2.46. The van der Waals surface area contributed by atoms with Gasteiger partial charge in [-0.05, 0) is 49.1 Å². The number of nitrogens with zero attached hydrogens (tertiary/aromatic N) is 2. The molecule has 0 spiro atoms. The van der Waals surface area contributed by atoms with Gasteiger partial charge < -0.3 is 10.6 Å². The Morgan fingerprint density at radius 2 is 2.24 bits per heavy atom. The molecule has 0 aliphatic carbocycles. The van der Waals surface area contributed by atoms with Gasteiger partial charge in [-0.3, -0.25) is 4.79 Å². The van der Waals surface area contributed by atoms with Crippen LogP contribution in [0, 0.1) is 5.92 Å². The van der Waals surface area contributed by atoms with Crippen molar-refractivity contribution in [3.05, 3.63) is 34.8 Å². The first-order valence-corrected chi connectivity index (χ1v) is 8.01. The molecule has 1 aliphatic heterocycles. The molecule has 1 atom stereocenters. The molecule has 2 heterocycles. The Hall–Kier alpha value is -1.62. The highest BCUT2D eigenvalue weighted by atomic mass is 79.9. The van der Waals surface area contributed by atoms with E-state index in [1.165, 1.54) is 0 Å². The average molecular weight is 348 g/mol. The number of benzene rings is 1. The van der Waals surface area contributed by atoms with Gasteiger partial charge in [-0.15, -0.1) is 0 Å². The molecule has 1 amide bonds. The first-order valence-electron chi connectivity index (χ1n) is 7.21. The zero-order valence-electron chi connectivity index (χ0n) is 11.8. The maximum atomic E-state index is 11.1. The van der Waals surface area contributed by atoms with Gasteiger partial charge in [0, 0.05) is 29.4 Å². The zero-order chi connectivity index (χ0) is 14.8. The van der Waals surface area contributed by atoms with E-state index >= 15 is 0 Å². The van der Waals surface area contributed by atoms with Crippen molar-refractivity contribution < 1.29 is 4.79 Å². The minimum atomic E-state index is -0.210. The van der Waals surface area contributed by atoms with Gasteiger partial charge in [0.05, 0.1) is 5.52 Å². The fourth-order valence-electron chi connectivity index (χ4n) is 2.99. The number of primary amides is 1. The van der Waals surface area contributed by atoms with E-state index in [2.05, 4.69) is 39.0 Å². The maximum Gasteiger partial charge on any atom is 0.217 e. The fourth-order valence-corrected chi connectivity index (χ4v) is 3.36. The summed E-state index contributed by atoms with van der Waals surface area (Å²) in [5, 5.41) is 1.12. The second kappa shape index (κ2) is 6.02. The quantitative estimate of drug-likeness (QED) is 0.927. The molecule has 3 rings (SSSR count). The van der Waals surface area contributed by atoms with Crippen molar-refractivity contribution >= 4 is 38.6 Å². The van der Waals surface area contributed by atoms with Crippen LogP contribution < -0.4 is 10.6 Å². The van der Waals surface area contributed by atoms with E-state index in [1.54, 1.807) is 0 Å². The summed E-state index contributed by atoms with van der Waals surface area (Å²) in [7, 11) is 0. The van der Waals surface area contributed by atoms with Crippen LogP contribution in [0.2, 0.25) is 0 Å². The highest BCUT2D eigenvalue weighted by Gasteiger charge is 2.22. The number of hydrogen-bond acceptors (Lipinski definition) is 3. The van der Waals surface area contributed by atoms with E-state index in [0.29, 0.717) is 12.3 Å². The molecule has 0 bridgehead atoms. The van der Waals surface area contributed by atoms with Crippen LogP contribution in [0.5, 0.6) is 0 Å². The van der Waals surface area contributed by atoms with Crippen molar-refractivity contribution in [1.82, 2.24) is 4.98 Å². The molecule has 5 heteroatoms. The number of nitrogens with two attached hydrogens (primary N) is 1. The highest BCUT2D eigenvalue weighted by molar-refractivity contribution is 9.10. The normalized spacial score (nSPS) is 18.9. The Morgan fingerprint density at radius 3 is 3.05 bits per heavy atom. The summed E-state index contributed by atoms with van der Waals surface area (Å²) in [6, 6.07) is 10.2. The van der Waals surface area contributed by atoms with Crippen LogP contribution in [0.3, 0.4) is 0 Å². The molecule has 110 valence electrons. The molecule has 4 nitrogen and oxygen atoms in total. The molecular weight excluding hydrogens is 330 g/mol. The largest absolute Gasteiger partial charge is 0.370 e. The van der Waals surface area contributed by atoms with E-state index in [-0.39, 0.29) is 5.91 Å². The van der Waals surface area contributed by atoms with Crippen LogP contribution in [0.4, 0.5) is 5.82 Å². The summed E-state index contributed by atoms with van der Waals surface area (Å²) in [5.41, 5.74) is 6.31. The van der Waals surface area contributed by atoms with E-state index in [1.807, 2.05) is 12.1 Å². The molecule has 1 aromatic carbocycles. The number of carbonyl (C=O) groups excluding carboxylic acids is 1. The molecule has 1 saturated heterocycles. The molecular formula is C16H18BrN3O. The Morgan fingerprint density at radius 1 is 1.38 bits per heavy atom. The van der Waals surface area contributed by atoms with Crippen molar-refractivity contribution in [3.8, 4) is 0 Å². The molecule has 1 aromatic heterocycles. The second-order valence-electron chi connectivity index (χ2n) is 5.63. The Kier molecular flexibility index (Phi) is 4.10. The van der Waals surface area contributed by atoms with E-state index < -0.39 is 0 Å². The molecule has 1 fully saturated rings. The van der Waals surface area contributed by atoms with Crippen molar-refractivity contribution in [2.24, 2.45) is 11.7 Å². The molecule has 0 saturated carbocycles. The first kappa shape index (κ1) is 14.3. The second-order valence-corrected chi connectivity index (χ2v) is 6.55. The predicted octanol–water partition coefficient (Wildman–Crippen LogP) is 3.09.